The van der Waals surface area contributed by atoms with Crippen LogP contribution in [0.4, 0.5) is 0 Å². The third-order valence-electron chi connectivity index (χ3n) is 3.77. The second-order valence-electron chi connectivity index (χ2n) is 6.08. The molecule has 0 radical (unpaired) electrons. The molecule has 1 rings (SSSR count). The highest BCUT2D eigenvalue weighted by Crippen LogP contribution is 2.11. The topological polar surface area (TPSA) is 191 Å². The fourth-order valence-electron chi connectivity index (χ4n) is 2.19. The maximum Gasteiger partial charge on any atom is 0.322 e. The Morgan fingerprint density at radius 3 is 2.10 bits per heavy atom. The van der Waals surface area contributed by atoms with Crippen molar-refractivity contribution in [2.45, 2.75) is 24.5 Å². The monoisotopic (exact) mass is 428 g/mol. The van der Waals surface area contributed by atoms with Gasteiger partial charge in [0, 0.05) is 12.2 Å². The minimum Gasteiger partial charge on any atom is -0.508 e. The number of aromatic hydroxyl groups is 1. The summed E-state index contributed by atoms with van der Waals surface area (Å²) in [6.07, 6.45) is 0.00599. The minimum absolute atomic E-state index is 0.00599. The number of nitrogens with one attached hydrogen (secondary N) is 3. The van der Waals surface area contributed by atoms with Crippen molar-refractivity contribution in [3.05, 3.63) is 29.8 Å². The molecule has 0 saturated carbocycles. The third kappa shape index (κ3) is 8.37. The van der Waals surface area contributed by atoms with E-state index in [1.54, 1.807) is 12.1 Å². The van der Waals surface area contributed by atoms with Gasteiger partial charge in [-0.25, -0.2) is 0 Å². The first-order valence-corrected chi connectivity index (χ1v) is 9.16. The second-order valence-corrected chi connectivity index (χ2v) is 6.44. The number of hydrogen-bond donors (Lipinski definition) is 8. The standard InChI is InChI=1S/C17H24N4O7S/c18-11(7-22)15(26)20-12(5-9-1-3-10(23)4-2-9)17(28)21-13(8-29)16(27)19-6-14(24)25/h1-4,11-13,22-23,29H,5-8,18H2,(H,19,27)(H,20,26)(H,21,28)(H,24,25). The van der Waals surface area contributed by atoms with E-state index in [1.165, 1.54) is 12.1 Å². The van der Waals surface area contributed by atoms with Gasteiger partial charge in [0.05, 0.1) is 6.61 Å². The molecule has 29 heavy (non-hydrogen) atoms. The van der Waals surface area contributed by atoms with Gasteiger partial charge in [-0.15, -0.1) is 0 Å². The number of amides is 3. The van der Waals surface area contributed by atoms with E-state index >= 15 is 0 Å². The van der Waals surface area contributed by atoms with Crippen molar-refractivity contribution in [2.24, 2.45) is 5.73 Å². The summed E-state index contributed by atoms with van der Waals surface area (Å²) in [5.41, 5.74) is 6.06. The Balaban J connectivity index is 2.92. The predicted octanol–water partition coefficient (Wildman–Crippen LogP) is -2.65. The number of carbonyl (C=O) groups excluding carboxylic acids is 3. The van der Waals surface area contributed by atoms with E-state index in [1.807, 2.05) is 0 Å². The molecular weight excluding hydrogens is 404 g/mol. The van der Waals surface area contributed by atoms with Crippen LogP contribution in [-0.2, 0) is 25.6 Å². The first kappa shape index (κ1) is 24.2. The van der Waals surface area contributed by atoms with E-state index in [0.717, 1.165) is 0 Å². The summed E-state index contributed by atoms with van der Waals surface area (Å²) < 4.78 is 0. The molecule has 0 aliphatic heterocycles. The van der Waals surface area contributed by atoms with Crippen LogP contribution in [-0.4, -0.2) is 76.0 Å². The van der Waals surface area contributed by atoms with Gasteiger partial charge >= 0.3 is 5.97 Å². The van der Waals surface area contributed by atoms with Gasteiger partial charge in [0.2, 0.25) is 17.7 Å². The van der Waals surface area contributed by atoms with Gasteiger partial charge in [-0.05, 0) is 17.7 Å². The van der Waals surface area contributed by atoms with Gasteiger partial charge in [-0.3, -0.25) is 19.2 Å². The predicted molar refractivity (Wildman–Crippen MR) is 105 cm³/mol. The highest BCUT2D eigenvalue weighted by atomic mass is 32.1. The lowest BCUT2D eigenvalue weighted by Crippen LogP contribution is -2.57. The van der Waals surface area contributed by atoms with Gasteiger partial charge in [0.25, 0.3) is 0 Å². The van der Waals surface area contributed by atoms with Crippen LogP contribution in [0.5, 0.6) is 5.75 Å². The average molecular weight is 428 g/mol. The van der Waals surface area contributed by atoms with E-state index in [0.29, 0.717) is 5.56 Å². The molecule has 160 valence electrons. The highest BCUT2D eigenvalue weighted by Gasteiger charge is 2.27. The minimum atomic E-state index is -1.25. The molecule has 8 N–H and O–H groups in total. The summed E-state index contributed by atoms with van der Waals surface area (Å²) in [7, 11) is 0. The average Bonchev–Trinajstić information content (AvgIpc) is 2.70. The molecule has 0 heterocycles. The van der Waals surface area contributed by atoms with Gasteiger partial charge in [-0.2, -0.15) is 12.6 Å². The number of phenols is 1. The molecule has 0 bridgehead atoms. The number of aliphatic hydroxyl groups is 1. The van der Waals surface area contributed by atoms with Crippen LogP contribution in [0.15, 0.2) is 24.3 Å². The zero-order valence-corrected chi connectivity index (χ0v) is 16.3. The summed E-state index contributed by atoms with van der Waals surface area (Å²) in [5, 5.41) is 33.9. The number of rotatable bonds is 11. The van der Waals surface area contributed by atoms with E-state index < -0.39 is 55.0 Å². The Hall–Kier alpha value is -2.83. The molecule has 0 spiro atoms. The van der Waals surface area contributed by atoms with Crippen molar-refractivity contribution in [1.29, 1.82) is 0 Å². The Kier molecular flexibility index (Phi) is 9.92. The molecule has 3 atom stereocenters. The number of nitrogens with two attached hydrogens (primary N) is 1. The number of aliphatic hydroxyl groups excluding tert-OH is 1. The SMILES string of the molecule is NC(CO)C(=O)NC(Cc1ccc(O)cc1)C(=O)NC(CS)C(=O)NCC(=O)O. The zero-order chi connectivity index (χ0) is 22.0. The second kappa shape index (κ2) is 11.9. The van der Waals surface area contributed by atoms with Crippen LogP contribution in [0.2, 0.25) is 0 Å². The van der Waals surface area contributed by atoms with Crippen LogP contribution in [0.25, 0.3) is 0 Å². The number of carboxylic acids is 1. The zero-order valence-electron chi connectivity index (χ0n) is 15.4. The van der Waals surface area contributed by atoms with Gasteiger partial charge in [0.1, 0.15) is 30.4 Å². The molecule has 3 amide bonds. The summed E-state index contributed by atoms with van der Waals surface area (Å²) in [5.74, 6) is -3.61. The van der Waals surface area contributed by atoms with Crippen molar-refractivity contribution in [3.63, 3.8) is 0 Å². The van der Waals surface area contributed by atoms with E-state index in [4.69, 9.17) is 15.9 Å². The number of benzene rings is 1. The highest BCUT2D eigenvalue weighted by molar-refractivity contribution is 7.80. The number of hydrogen-bond acceptors (Lipinski definition) is 8. The smallest absolute Gasteiger partial charge is 0.322 e. The Morgan fingerprint density at radius 2 is 1.59 bits per heavy atom. The molecule has 0 aromatic heterocycles. The first-order valence-electron chi connectivity index (χ1n) is 8.53. The van der Waals surface area contributed by atoms with Crippen LogP contribution < -0.4 is 21.7 Å². The lowest BCUT2D eigenvalue weighted by atomic mass is 10.0. The number of carbonyl (C=O) groups is 4. The molecule has 3 unspecified atom stereocenters. The molecule has 0 fully saturated rings. The maximum absolute atomic E-state index is 12.7. The van der Waals surface area contributed by atoms with Gasteiger partial charge in [-0.1, -0.05) is 12.1 Å². The first-order chi connectivity index (χ1) is 13.7. The third-order valence-corrected chi connectivity index (χ3v) is 4.14. The Labute approximate surface area is 172 Å². The molecular formula is C17H24N4O7S. The summed E-state index contributed by atoms with van der Waals surface area (Å²) in [4.78, 5) is 47.3. The van der Waals surface area contributed by atoms with Crippen LogP contribution in [0, 0.1) is 0 Å². The van der Waals surface area contributed by atoms with Crippen molar-refractivity contribution < 1.29 is 34.5 Å². The number of phenolic OH excluding ortho intramolecular Hbond substituents is 1. The van der Waals surface area contributed by atoms with Gasteiger partial charge in [0.15, 0.2) is 0 Å². The van der Waals surface area contributed by atoms with Crippen LogP contribution >= 0.6 is 12.6 Å². The molecule has 0 aliphatic carbocycles. The van der Waals surface area contributed by atoms with Crippen molar-refractivity contribution in [1.82, 2.24) is 16.0 Å². The number of carboxylic acid groups (broad SMARTS) is 1. The molecule has 12 heteroatoms. The Morgan fingerprint density at radius 1 is 1.00 bits per heavy atom. The largest absolute Gasteiger partial charge is 0.508 e. The van der Waals surface area contributed by atoms with Gasteiger partial charge < -0.3 is 37.0 Å². The summed E-state index contributed by atoms with van der Waals surface area (Å²) in [6, 6.07) is 2.36. The number of aliphatic carboxylic acids is 1. The lowest BCUT2D eigenvalue weighted by Gasteiger charge is -2.23. The normalized spacial score (nSPS) is 13.6. The van der Waals surface area contributed by atoms with Crippen molar-refractivity contribution in [2.75, 3.05) is 18.9 Å². The summed E-state index contributed by atoms with van der Waals surface area (Å²) in [6.45, 7) is -1.26. The van der Waals surface area contributed by atoms with E-state index in [9.17, 15) is 24.3 Å². The Bertz CT molecular complexity index is 729. The quantitative estimate of drug-likeness (QED) is 0.175. The van der Waals surface area contributed by atoms with Crippen LogP contribution in [0.1, 0.15) is 5.56 Å². The van der Waals surface area contributed by atoms with E-state index in [-0.39, 0.29) is 17.9 Å². The summed E-state index contributed by atoms with van der Waals surface area (Å²) >= 11 is 3.98. The fraction of sp³-hybridized carbons (Fsp3) is 0.412. The van der Waals surface area contributed by atoms with Crippen LogP contribution in [0.3, 0.4) is 0 Å². The van der Waals surface area contributed by atoms with E-state index in [2.05, 4.69) is 28.6 Å². The number of thiol groups is 1. The molecule has 1 aromatic carbocycles. The molecule has 0 aliphatic rings. The molecule has 11 nitrogen and oxygen atoms in total. The molecule has 1 aromatic rings. The maximum atomic E-state index is 12.7. The molecule has 0 saturated heterocycles. The fourth-order valence-corrected chi connectivity index (χ4v) is 2.45. The van der Waals surface area contributed by atoms with Crippen molar-refractivity contribution in [3.8, 4) is 5.75 Å². The van der Waals surface area contributed by atoms with Crippen molar-refractivity contribution >= 4 is 36.3 Å². The lowest BCUT2D eigenvalue weighted by molar-refractivity contribution is -0.138.